The summed E-state index contributed by atoms with van der Waals surface area (Å²) in [6, 6.07) is 3.84. The number of aromatic hydroxyl groups is 1. The maximum absolute atomic E-state index is 9.90. The molecule has 4 nitrogen and oxygen atoms in total. The van der Waals surface area contributed by atoms with E-state index in [0.717, 1.165) is 33.8 Å². The van der Waals surface area contributed by atoms with Gasteiger partial charge in [0.15, 0.2) is 5.82 Å². The van der Waals surface area contributed by atoms with Crippen LogP contribution in [0.25, 0.3) is 11.4 Å². The minimum Gasteiger partial charge on any atom is -0.507 e. The number of aromatic nitrogens is 2. The summed E-state index contributed by atoms with van der Waals surface area (Å²) in [5.41, 5.74) is 4.74. The maximum Gasteiger partial charge on any atom is 0.161 e. The Morgan fingerprint density at radius 1 is 1.05 bits per heavy atom. The fourth-order valence-corrected chi connectivity index (χ4v) is 2.68. The van der Waals surface area contributed by atoms with Gasteiger partial charge >= 0.3 is 0 Å². The average molecular weight is 285 g/mol. The van der Waals surface area contributed by atoms with Gasteiger partial charge in [0.1, 0.15) is 11.6 Å². The zero-order valence-corrected chi connectivity index (χ0v) is 13.6. The molecule has 0 radical (unpaired) electrons. The topological polar surface area (TPSA) is 58.0 Å². The molecule has 1 heterocycles. The van der Waals surface area contributed by atoms with Crippen LogP contribution in [0.4, 0.5) is 5.82 Å². The fourth-order valence-electron chi connectivity index (χ4n) is 2.68. The first-order valence-electron chi connectivity index (χ1n) is 7.22. The Morgan fingerprint density at radius 2 is 1.62 bits per heavy atom. The third kappa shape index (κ3) is 2.84. The first kappa shape index (κ1) is 15.3. The Labute approximate surface area is 126 Å². The van der Waals surface area contributed by atoms with E-state index < -0.39 is 0 Å². The van der Waals surface area contributed by atoms with E-state index in [9.17, 15) is 5.11 Å². The highest BCUT2D eigenvalue weighted by Gasteiger charge is 2.15. The molecule has 0 aliphatic carbocycles. The number of benzene rings is 1. The summed E-state index contributed by atoms with van der Waals surface area (Å²) in [7, 11) is 1.88. The summed E-state index contributed by atoms with van der Waals surface area (Å²) < 4.78 is 0. The number of phenols is 1. The second-order valence-corrected chi connectivity index (χ2v) is 5.76. The molecule has 112 valence electrons. The van der Waals surface area contributed by atoms with Crippen molar-refractivity contribution in [2.24, 2.45) is 0 Å². The predicted molar refractivity (Wildman–Crippen MR) is 87.0 cm³/mol. The van der Waals surface area contributed by atoms with E-state index in [4.69, 9.17) is 0 Å². The number of phenolic OH excluding ortho intramolecular Hbond substituents is 1. The van der Waals surface area contributed by atoms with Crippen molar-refractivity contribution in [1.29, 1.82) is 0 Å². The molecule has 0 aliphatic heterocycles. The van der Waals surface area contributed by atoms with E-state index in [0.29, 0.717) is 17.5 Å². The van der Waals surface area contributed by atoms with Crippen LogP contribution in [-0.4, -0.2) is 22.1 Å². The number of aryl methyl sites for hydroxylation is 3. The van der Waals surface area contributed by atoms with Crippen molar-refractivity contribution in [3.8, 4) is 17.1 Å². The minimum atomic E-state index is 0.336. The molecule has 1 aromatic carbocycles. The first-order valence-corrected chi connectivity index (χ1v) is 7.22. The Balaban J connectivity index is 2.63. The van der Waals surface area contributed by atoms with Gasteiger partial charge in [-0.15, -0.1) is 0 Å². The lowest BCUT2D eigenvalue weighted by Gasteiger charge is -2.16. The van der Waals surface area contributed by atoms with Crippen LogP contribution in [0.5, 0.6) is 5.75 Å². The van der Waals surface area contributed by atoms with E-state index in [1.165, 1.54) is 0 Å². The van der Waals surface area contributed by atoms with Crippen molar-refractivity contribution < 1.29 is 5.11 Å². The maximum atomic E-state index is 9.90. The quantitative estimate of drug-likeness (QED) is 0.896. The second-order valence-electron chi connectivity index (χ2n) is 5.76. The van der Waals surface area contributed by atoms with Gasteiger partial charge in [0.2, 0.25) is 0 Å². The Kier molecular flexibility index (Phi) is 4.16. The van der Waals surface area contributed by atoms with Gasteiger partial charge in [-0.05, 0) is 49.9 Å². The molecular weight excluding hydrogens is 262 g/mol. The highest BCUT2D eigenvalue weighted by molar-refractivity contribution is 5.64. The fraction of sp³-hybridized carbons (Fsp3) is 0.412. The zero-order valence-electron chi connectivity index (χ0n) is 13.6. The molecule has 2 aromatic rings. The molecule has 2 N–H and O–H groups in total. The predicted octanol–water partition coefficient (Wildman–Crippen LogP) is 3.94. The minimum absolute atomic E-state index is 0.336. The van der Waals surface area contributed by atoms with Gasteiger partial charge in [0.05, 0.1) is 0 Å². The van der Waals surface area contributed by atoms with Crippen LogP contribution in [0.1, 0.15) is 42.1 Å². The SMILES string of the molecule is CNc1nc(-c2cc(C)c(O)c(C)c2)nc(C)c1C(C)C. The lowest BCUT2D eigenvalue weighted by Crippen LogP contribution is -2.07. The first-order chi connectivity index (χ1) is 9.85. The highest BCUT2D eigenvalue weighted by atomic mass is 16.3. The molecule has 2 rings (SSSR count). The smallest absolute Gasteiger partial charge is 0.161 e. The Morgan fingerprint density at radius 3 is 2.10 bits per heavy atom. The van der Waals surface area contributed by atoms with Crippen LogP contribution in [-0.2, 0) is 0 Å². The van der Waals surface area contributed by atoms with Crippen molar-refractivity contribution in [3.05, 3.63) is 34.5 Å². The number of nitrogens with zero attached hydrogens (tertiary/aromatic N) is 2. The highest BCUT2D eigenvalue weighted by Crippen LogP contribution is 2.31. The molecule has 0 saturated carbocycles. The standard InChI is InChI=1S/C17H23N3O/c1-9(2)14-12(5)19-16(20-17(14)18-6)13-7-10(3)15(21)11(4)8-13/h7-9,21H,1-6H3,(H,18,19,20). The lowest BCUT2D eigenvalue weighted by molar-refractivity contribution is 0.467. The zero-order chi connectivity index (χ0) is 15.7. The number of rotatable bonds is 3. The summed E-state index contributed by atoms with van der Waals surface area (Å²) in [5.74, 6) is 2.26. The van der Waals surface area contributed by atoms with Crippen molar-refractivity contribution >= 4 is 5.82 Å². The van der Waals surface area contributed by atoms with Gasteiger partial charge in [-0.25, -0.2) is 9.97 Å². The Hall–Kier alpha value is -2.10. The summed E-state index contributed by atoms with van der Waals surface area (Å²) in [6.07, 6.45) is 0. The van der Waals surface area contributed by atoms with Gasteiger partial charge in [-0.3, -0.25) is 0 Å². The third-order valence-corrected chi connectivity index (χ3v) is 3.70. The van der Waals surface area contributed by atoms with E-state index in [-0.39, 0.29) is 0 Å². The molecule has 0 atom stereocenters. The molecule has 0 fully saturated rings. The number of anilines is 1. The largest absolute Gasteiger partial charge is 0.507 e. The van der Waals surface area contributed by atoms with Crippen molar-refractivity contribution in [2.45, 2.75) is 40.5 Å². The molecule has 21 heavy (non-hydrogen) atoms. The van der Waals surface area contributed by atoms with Crippen molar-refractivity contribution in [2.75, 3.05) is 12.4 Å². The van der Waals surface area contributed by atoms with Gasteiger partial charge in [-0.2, -0.15) is 0 Å². The molecule has 0 bridgehead atoms. The normalized spacial score (nSPS) is 11.0. The van der Waals surface area contributed by atoms with Crippen molar-refractivity contribution in [1.82, 2.24) is 9.97 Å². The number of hydrogen-bond donors (Lipinski definition) is 2. The van der Waals surface area contributed by atoms with Gasteiger partial charge in [0.25, 0.3) is 0 Å². The molecular formula is C17H23N3O. The van der Waals surface area contributed by atoms with Crippen LogP contribution < -0.4 is 5.32 Å². The summed E-state index contributed by atoms with van der Waals surface area (Å²) >= 11 is 0. The number of hydrogen-bond acceptors (Lipinski definition) is 4. The molecule has 0 aliphatic rings. The van der Waals surface area contributed by atoms with E-state index in [1.54, 1.807) is 0 Å². The van der Waals surface area contributed by atoms with Crippen LogP contribution in [0.2, 0.25) is 0 Å². The van der Waals surface area contributed by atoms with E-state index >= 15 is 0 Å². The second kappa shape index (κ2) is 5.72. The van der Waals surface area contributed by atoms with Gasteiger partial charge in [0, 0.05) is 23.9 Å². The van der Waals surface area contributed by atoms with Gasteiger partial charge < -0.3 is 10.4 Å². The van der Waals surface area contributed by atoms with E-state index in [2.05, 4.69) is 29.1 Å². The molecule has 0 saturated heterocycles. The average Bonchev–Trinajstić information content (AvgIpc) is 2.42. The molecule has 0 amide bonds. The van der Waals surface area contributed by atoms with Crippen molar-refractivity contribution in [3.63, 3.8) is 0 Å². The van der Waals surface area contributed by atoms with E-state index in [1.807, 2.05) is 40.0 Å². The summed E-state index contributed by atoms with van der Waals surface area (Å²) in [6.45, 7) is 10.1. The summed E-state index contributed by atoms with van der Waals surface area (Å²) in [4.78, 5) is 9.30. The number of nitrogens with one attached hydrogen (secondary N) is 1. The van der Waals surface area contributed by atoms with Crippen LogP contribution in [0.3, 0.4) is 0 Å². The molecule has 4 heteroatoms. The lowest BCUT2D eigenvalue weighted by atomic mass is 10.0. The molecule has 1 aromatic heterocycles. The van der Waals surface area contributed by atoms with Crippen LogP contribution in [0.15, 0.2) is 12.1 Å². The third-order valence-electron chi connectivity index (χ3n) is 3.70. The van der Waals surface area contributed by atoms with Crippen LogP contribution >= 0.6 is 0 Å². The van der Waals surface area contributed by atoms with Gasteiger partial charge in [-0.1, -0.05) is 13.8 Å². The summed E-state index contributed by atoms with van der Waals surface area (Å²) in [5, 5.41) is 13.1. The Bertz CT molecular complexity index is 655. The molecule has 0 spiro atoms. The monoisotopic (exact) mass is 285 g/mol. The molecule has 0 unspecified atom stereocenters. The van der Waals surface area contributed by atoms with Crippen LogP contribution in [0, 0.1) is 20.8 Å².